The van der Waals surface area contributed by atoms with Gasteiger partial charge in [0.25, 0.3) is 0 Å². The summed E-state index contributed by atoms with van der Waals surface area (Å²) in [4.78, 5) is 0. The second-order valence-electron chi connectivity index (χ2n) is 3.50. The monoisotopic (exact) mass is 205 g/mol. The first-order valence-corrected chi connectivity index (χ1v) is 5.38. The third-order valence-corrected chi connectivity index (χ3v) is 2.21. The van der Waals surface area contributed by atoms with Gasteiger partial charge in [-0.3, -0.25) is 0 Å². The molecule has 0 spiro atoms. The van der Waals surface area contributed by atoms with Crippen LogP contribution in [0, 0.1) is 0 Å². The number of nitrogens with two attached hydrogens (primary N) is 1. The van der Waals surface area contributed by atoms with E-state index >= 15 is 0 Å². The topological polar surface area (TPSA) is 35.2 Å². The van der Waals surface area contributed by atoms with E-state index in [-0.39, 0.29) is 0 Å². The molecule has 82 valence electrons. The average Bonchev–Trinajstić information content (AvgIpc) is 2.27. The van der Waals surface area contributed by atoms with E-state index in [1.807, 2.05) is 18.2 Å². The third-order valence-electron chi connectivity index (χ3n) is 2.21. The van der Waals surface area contributed by atoms with Crippen molar-refractivity contribution in [2.24, 2.45) is 5.73 Å². The lowest BCUT2D eigenvalue weighted by Gasteiger charge is -2.06. The van der Waals surface area contributed by atoms with Crippen LogP contribution in [-0.4, -0.2) is 13.2 Å². The Morgan fingerprint density at radius 2 is 2.00 bits per heavy atom. The maximum atomic E-state index is 5.51. The van der Waals surface area contributed by atoms with Crippen LogP contribution in [0.2, 0.25) is 0 Å². The van der Waals surface area contributed by atoms with Crippen molar-refractivity contribution in [1.29, 1.82) is 0 Å². The van der Waals surface area contributed by atoms with E-state index in [4.69, 9.17) is 10.5 Å². The lowest BCUT2D eigenvalue weighted by Crippen LogP contribution is -1.96. The molecule has 0 amide bonds. The molecule has 0 radical (unpaired) electrons. The van der Waals surface area contributed by atoms with Gasteiger partial charge in [0.2, 0.25) is 0 Å². The highest BCUT2D eigenvalue weighted by Crippen LogP contribution is 2.18. The van der Waals surface area contributed by atoms with E-state index in [0.717, 1.165) is 18.8 Å². The Morgan fingerprint density at radius 3 is 2.53 bits per heavy atom. The minimum Gasteiger partial charge on any atom is -0.494 e. The minimum atomic E-state index is 0.583. The molecule has 0 heterocycles. The van der Waals surface area contributed by atoms with E-state index < -0.39 is 0 Å². The summed E-state index contributed by atoms with van der Waals surface area (Å²) >= 11 is 0. The number of rotatable bonds is 5. The van der Waals surface area contributed by atoms with Gasteiger partial charge >= 0.3 is 0 Å². The molecule has 0 aromatic heterocycles. The summed E-state index contributed by atoms with van der Waals surface area (Å²) in [7, 11) is 0. The highest BCUT2D eigenvalue weighted by atomic mass is 16.5. The van der Waals surface area contributed by atoms with Crippen LogP contribution < -0.4 is 10.5 Å². The molecule has 0 aliphatic carbocycles. The Labute approximate surface area is 91.7 Å². The number of hydrogen-bond acceptors (Lipinski definition) is 2. The van der Waals surface area contributed by atoms with Crippen LogP contribution in [0.5, 0.6) is 5.75 Å². The molecule has 0 saturated heterocycles. The van der Waals surface area contributed by atoms with Gasteiger partial charge in [0.05, 0.1) is 6.61 Å². The number of benzene rings is 1. The van der Waals surface area contributed by atoms with Gasteiger partial charge in [-0.1, -0.05) is 25.1 Å². The lowest BCUT2D eigenvalue weighted by atomic mass is 10.1. The Hall–Kier alpha value is -1.28. The van der Waals surface area contributed by atoms with Crippen molar-refractivity contribution in [3.05, 3.63) is 35.9 Å². The molecule has 15 heavy (non-hydrogen) atoms. The van der Waals surface area contributed by atoms with Crippen LogP contribution in [0.25, 0.3) is 5.57 Å². The lowest BCUT2D eigenvalue weighted by molar-refractivity contribution is 0.317. The van der Waals surface area contributed by atoms with Gasteiger partial charge in [0, 0.05) is 6.54 Å². The molecule has 0 atom stereocenters. The predicted octanol–water partition coefficient (Wildman–Crippen LogP) is 2.84. The van der Waals surface area contributed by atoms with E-state index in [1.54, 1.807) is 0 Å². The molecule has 2 nitrogen and oxygen atoms in total. The molecule has 0 aliphatic rings. The summed E-state index contributed by atoms with van der Waals surface area (Å²) < 4.78 is 5.51. The van der Waals surface area contributed by atoms with Gasteiger partial charge in [0.1, 0.15) is 5.75 Å². The molecule has 1 rings (SSSR count). The van der Waals surface area contributed by atoms with Gasteiger partial charge in [-0.05, 0) is 36.6 Å². The van der Waals surface area contributed by atoms with Crippen LogP contribution >= 0.6 is 0 Å². The van der Waals surface area contributed by atoms with Crippen LogP contribution in [0.3, 0.4) is 0 Å². The van der Waals surface area contributed by atoms with Crippen LogP contribution in [0.15, 0.2) is 30.3 Å². The number of hydrogen-bond donors (Lipinski definition) is 1. The predicted molar refractivity (Wildman–Crippen MR) is 64.9 cm³/mol. The first-order valence-electron chi connectivity index (χ1n) is 5.38. The second kappa shape index (κ2) is 6.25. The molecule has 0 fully saturated rings. The summed E-state index contributed by atoms with van der Waals surface area (Å²) in [6.07, 6.45) is 3.05. The van der Waals surface area contributed by atoms with Gasteiger partial charge < -0.3 is 10.5 Å². The smallest absolute Gasteiger partial charge is 0.119 e. The first kappa shape index (κ1) is 11.8. The van der Waals surface area contributed by atoms with Crippen molar-refractivity contribution in [1.82, 2.24) is 0 Å². The molecule has 2 heteroatoms. The van der Waals surface area contributed by atoms with E-state index in [1.165, 1.54) is 11.1 Å². The molecule has 2 N–H and O–H groups in total. The van der Waals surface area contributed by atoms with Crippen molar-refractivity contribution >= 4 is 5.57 Å². The largest absolute Gasteiger partial charge is 0.494 e. The standard InChI is InChI=1S/C13H19NO/c1-3-10-15-13-6-4-12(5-7-13)11(2)8-9-14/h4-8H,3,9-10,14H2,1-2H3. The Morgan fingerprint density at radius 1 is 1.33 bits per heavy atom. The quantitative estimate of drug-likeness (QED) is 0.802. The van der Waals surface area contributed by atoms with Crippen molar-refractivity contribution in [2.75, 3.05) is 13.2 Å². The van der Waals surface area contributed by atoms with Crippen LogP contribution in [0.1, 0.15) is 25.8 Å². The van der Waals surface area contributed by atoms with E-state index in [0.29, 0.717) is 6.54 Å². The fourth-order valence-corrected chi connectivity index (χ4v) is 1.33. The fraction of sp³-hybridized carbons (Fsp3) is 0.385. The molecule has 0 bridgehead atoms. The normalized spacial score (nSPS) is 11.5. The van der Waals surface area contributed by atoms with Crippen LogP contribution in [-0.2, 0) is 0 Å². The molecule has 1 aromatic rings. The van der Waals surface area contributed by atoms with Crippen molar-refractivity contribution in [3.8, 4) is 5.75 Å². The fourth-order valence-electron chi connectivity index (χ4n) is 1.33. The van der Waals surface area contributed by atoms with E-state index in [2.05, 4.69) is 26.0 Å². The van der Waals surface area contributed by atoms with Crippen molar-refractivity contribution < 1.29 is 4.74 Å². The highest BCUT2D eigenvalue weighted by molar-refractivity contribution is 5.64. The first-order chi connectivity index (χ1) is 7.27. The summed E-state index contributed by atoms with van der Waals surface area (Å²) in [5.74, 6) is 0.932. The Kier molecular flexibility index (Phi) is 4.91. The Balaban J connectivity index is 2.67. The van der Waals surface area contributed by atoms with Gasteiger partial charge in [-0.25, -0.2) is 0 Å². The zero-order chi connectivity index (χ0) is 11.1. The van der Waals surface area contributed by atoms with Gasteiger partial charge in [-0.2, -0.15) is 0 Å². The summed E-state index contributed by atoms with van der Waals surface area (Å²) in [6.45, 7) is 5.52. The number of ether oxygens (including phenoxy) is 1. The van der Waals surface area contributed by atoms with Gasteiger partial charge in [0.15, 0.2) is 0 Å². The maximum Gasteiger partial charge on any atom is 0.119 e. The van der Waals surface area contributed by atoms with Crippen LogP contribution in [0.4, 0.5) is 0 Å². The molecule has 0 aliphatic heterocycles. The zero-order valence-corrected chi connectivity index (χ0v) is 9.49. The minimum absolute atomic E-state index is 0.583. The average molecular weight is 205 g/mol. The summed E-state index contributed by atoms with van der Waals surface area (Å²) in [5.41, 5.74) is 7.87. The van der Waals surface area contributed by atoms with Gasteiger partial charge in [-0.15, -0.1) is 0 Å². The third kappa shape index (κ3) is 3.76. The molecule has 0 saturated carbocycles. The molecule has 0 unspecified atom stereocenters. The maximum absolute atomic E-state index is 5.51. The molecule has 1 aromatic carbocycles. The van der Waals surface area contributed by atoms with Crippen molar-refractivity contribution in [2.45, 2.75) is 20.3 Å². The second-order valence-corrected chi connectivity index (χ2v) is 3.50. The highest BCUT2D eigenvalue weighted by Gasteiger charge is 1.96. The van der Waals surface area contributed by atoms with Crippen molar-refractivity contribution in [3.63, 3.8) is 0 Å². The zero-order valence-electron chi connectivity index (χ0n) is 9.49. The molecular weight excluding hydrogens is 186 g/mol. The SMILES string of the molecule is CCCOc1ccc(C(C)=CCN)cc1. The number of allylic oxidation sites excluding steroid dienone is 1. The molecular formula is C13H19NO. The Bertz CT molecular complexity index is 314. The van der Waals surface area contributed by atoms with E-state index in [9.17, 15) is 0 Å². The summed E-state index contributed by atoms with van der Waals surface area (Å²) in [6, 6.07) is 8.12. The summed E-state index contributed by atoms with van der Waals surface area (Å²) in [5, 5.41) is 0.